The topological polar surface area (TPSA) is 26.3 Å². The molecule has 0 aliphatic carbocycles. The van der Waals surface area contributed by atoms with Gasteiger partial charge in [-0.1, -0.05) is 13.0 Å². The Balaban J connectivity index is 3.93. The normalized spacial score (nSPS) is 14.5. The summed E-state index contributed by atoms with van der Waals surface area (Å²) >= 11 is 0. The van der Waals surface area contributed by atoms with Crippen LogP contribution in [0.4, 0.5) is 0 Å². The zero-order chi connectivity index (χ0) is 9.56. The smallest absolute Gasteiger partial charge is 0.155 e. The Kier molecular flexibility index (Phi) is 5.64. The maximum atomic E-state index is 10.8. The van der Waals surface area contributed by atoms with Crippen LogP contribution in [0.5, 0.6) is 0 Å². The molecule has 0 saturated heterocycles. The van der Waals surface area contributed by atoms with Gasteiger partial charge >= 0.3 is 0 Å². The molecule has 2 nitrogen and oxygen atoms in total. The van der Waals surface area contributed by atoms with E-state index in [2.05, 4.69) is 6.92 Å². The van der Waals surface area contributed by atoms with E-state index in [0.717, 1.165) is 18.4 Å². The van der Waals surface area contributed by atoms with E-state index < -0.39 is 0 Å². The number of carbonyl (C=O) groups is 1. The number of ketones is 1. The lowest BCUT2D eigenvalue weighted by Crippen LogP contribution is -2.07. The lowest BCUT2D eigenvalue weighted by molar-refractivity contribution is -0.113. The molecule has 0 rings (SSSR count). The van der Waals surface area contributed by atoms with Gasteiger partial charge < -0.3 is 4.74 Å². The van der Waals surface area contributed by atoms with Crippen LogP contribution < -0.4 is 0 Å². The van der Waals surface area contributed by atoms with Crippen LogP contribution in [0.3, 0.4) is 0 Å². The van der Waals surface area contributed by atoms with E-state index in [0.29, 0.717) is 0 Å². The van der Waals surface area contributed by atoms with Crippen LogP contribution in [0, 0.1) is 0 Å². The Morgan fingerprint density at radius 1 is 1.50 bits per heavy atom. The van der Waals surface area contributed by atoms with Crippen molar-refractivity contribution in [3.63, 3.8) is 0 Å². The van der Waals surface area contributed by atoms with E-state index >= 15 is 0 Å². The number of Topliss-reactive ketones (excluding diaryl/α,β-unsaturated/α-hetero) is 1. The van der Waals surface area contributed by atoms with Gasteiger partial charge in [-0.25, -0.2) is 0 Å². The number of methoxy groups -OCH3 is 1. The highest BCUT2D eigenvalue weighted by Gasteiger charge is 2.02. The summed E-state index contributed by atoms with van der Waals surface area (Å²) in [6, 6.07) is 0. The Labute approximate surface area is 74.6 Å². The number of carbonyl (C=O) groups excluding carboxylic acids is 1. The molecular formula is C10H18O2. The van der Waals surface area contributed by atoms with Gasteiger partial charge in [-0.15, -0.1) is 0 Å². The van der Waals surface area contributed by atoms with Crippen molar-refractivity contribution >= 4 is 5.78 Å². The summed E-state index contributed by atoms with van der Waals surface area (Å²) in [4.78, 5) is 10.8. The van der Waals surface area contributed by atoms with Crippen LogP contribution in [-0.4, -0.2) is 19.0 Å². The second-order valence-corrected chi connectivity index (χ2v) is 2.94. The van der Waals surface area contributed by atoms with Gasteiger partial charge in [0.15, 0.2) is 5.78 Å². The van der Waals surface area contributed by atoms with Crippen molar-refractivity contribution in [2.24, 2.45) is 0 Å². The minimum atomic E-state index is 0.140. The standard InChI is InChI=1S/C10H18O2/c1-5-10(12-4)7-6-8(2)9(3)11/h6,10H,5,7H2,1-4H3. The van der Waals surface area contributed by atoms with Crippen LogP contribution in [-0.2, 0) is 9.53 Å². The number of hydrogen-bond donors (Lipinski definition) is 0. The molecule has 0 aromatic rings. The highest BCUT2D eigenvalue weighted by molar-refractivity contribution is 5.92. The number of allylic oxidation sites excluding steroid dienone is 1. The minimum absolute atomic E-state index is 0.140. The second-order valence-electron chi connectivity index (χ2n) is 2.94. The van der Waals surface area contributed by atoms with Crippen molar-refractivity contribution in [2.75, 3.05) is 7.11 Å². The van der Waals surface area contributed by atoms with E-state index in [1.165, 1.54) is 0 Å². The van der Waals surface area contributed by atoms with Gasteiger partial charge in [0.2, 0.25) is 0 Å². The number of hydrogen-bond acceptors (Lipinski definition) is 2. The van der Waals surface area contributed by atoms with Gasteiger partial charge in [0, 0.05) is 7.11 Å². The van der Waals surface area contributed by atoms with Crippen molar-refractivity contribution < 1.29 is 9.53 Å². The van der Waals surface area contributed by atoms with Gasteiger partial charge in [0.05, 0.1) is 6.10 Å². The van der Waals surface area contributed by atoms with Gasteiger partial charge in [-0.3, -0.25) is 4.79 Å². The molecule has 12 heavy (non-hydrogen) atoms. The monoisotopic (exact) mass is 170 g/mol. The van der Waals surface area contributed by atoms with Crippen LogP contribution in [0.2, 0.25) is 0 Å². The molecule has 2 heteroatoms. The van der Waals surface area contributed by atoms with Gasteiger partial charge in [0.25, 0.3) is 0 Å². The van der Waals surface area contributed by atoms with E-state index in [1.54, 1.807) is 14.0 Å². The van der Waals surface area contributed by atoms with Gasteiger partial charge in [-0.2, -0.15) is 0 Å². The van der Waals surface area contributed by atoms with Crippen LogP contribution >= 0.6 is 0 Å². The quantitative estimate of drug-likeness (QED) is 0.592. The van der Waals surface area contributed by atoms with E-state index in [1.807, 2.05) is 13.0 Å². The van der Waals surface area contributed by atoms with Crippen LogP contribution in [0.25, 0.3) is 0 Å². The predicted octanol–water partition coefficient (Wildman–Crippen LogP) is 2.34. The van der Waals surface area contributed by atoms with Crippen molar-refractivity contribution in [3.05, 3.63) is 11.6 Å². The molecule has 0 heterocycles. The molecule has 0 aromatic carbocycles. The third-order valence-corrected chi connectivity index (χ3v) is 2.03. The molecule has 0 aliphatic heterocycles. The zero-order valence-corrected chi connectivity index (χ0v) is 8.39. The first kappa shape index (κ1) is 11.4. The van der Waals surface area contributed by atoms with Crippen molar-refractivity contribution in [2.45, 2.75) is 39.7 Å². The fourth-order valence-electron chi connectivity index (χ4n) is 0.882. The first-order valence-electron chi connectivity index (χ1n) is 4.32. The van der Waals surface area contributed by atoms with Crippen molar-refractivity contribution in [1.82, 2.24) is 0 Å². The molecule has 0 N–H and O–H groups in total. The molecule has 0 saturated carbocycles. The summed E-state index contributed by atoms with van der Waals surface area (Å²) in [7, 11) is 1.70. The zero-order valence-electron chi connectivity index (χ0n) is 8.39. The maximum absolute atomic E-state index is 10.8. The summed E-state index contributed by atoms with van der Waals surface area (Å²) in [5.74, 6) is 0.140. The van der Waals surface area contributed by atoms with E-state index in [-0.39, 0.29) is 11.9 Å². The number of ether oxygens (including phenoxy) is 1. The summed E-state index contributed by atoms with van der Waals surface area (Å²) in [5.41, 5.74) is 0.825. The van der Waals surface area contributed by atoms with E-state index in [9.17, 15) is 4.79 Å². The third-order valence-electron chi connectivity index (χ3n) is 2.03. The second kappa shape index (κ2) is 5.95. The number of rotatable bonds is 5. The Bertz CT molecular complexity index is 167. The molecule has 1 unspecified atom stereocenters. The molecule has 0 amide bonds. The lowest BCUT2D eigenvalue weighted by Gasteiger charge is -2.09. The molecular weight excluding hydrogens is 152 g/mol. The maximum Gasteiger partial charge on any atom is 0.155 e. The molecule has 0 radical (unpaired) electrons. The Morgan fingerprint density at radius 3 is 2.42 bits per heavy atom. The third kappa shape index (κ3) is 4.29. The first-order valence-corrected chi connectivity index (χ1v) is 4.32. The Hall–Kier alpha value is -0.630. The summed E-state index contributed by atoms with van der Waals surface area (Å²) in [6.07, 6.45) is 4.01. The largest absolute Gasteiger partial charge is 0.381 e. The molecule has 0 bridgehead atoms. The van der Waals surface area contributed by atoms with Crippen LogP contribution in [0.1, 0.15) is 33.6 Å². The average molecular weight is 170 g/mol. The average Bonchev–Trinajstić information content (AvgIpc) is 2.05. The highest BCUT2D eigenvalue weighted by Crippen LogP contribution is 2.05. The van der Waals surface area contributed by atoms with Crippen molar-refractivity contribution in [1.29, 1.82) is 0 Å². The van der Waals surface area contributed by atoms with Crippen LogP contribution in [0.15, 0.2) is 11.6 Å². The summed E-state index contributed by atoms with van der Waals surface area (Å²) in [6.45, 7) is 5.50. The molecule has 1 atom stereocenters. The fourth-order valence-corrected chi connectivity index (χ4v) is 0.882. The van der Waals surface area contributed by atoms with Gasteiger partial charge in [-0.05, 0) is 32.3 Å². The van der Waals surface area contributed by atoms with E-state index in [4.69, 9.17) is 4.74 Å². The SMILES string of the molecule is CCC(CC=C(C)C(C)=O)OC. The first-order chi connectivity index (χ1) is 5.61. The molecule has 0 fully saturated rings. The minimum Gasteiger partial charge on any atom is -0.381 e. The summed E-state index contributed by atoms with van der Waals surface area (Å²) < 4.78 is 5.17. The predicted molar refractivity (Wildman–Crippen MR) is 50.1 cm³/mol. The molecule has 0 aromatic heterocycles. The molecule has 70 valence electrons. The highest BCUT2D eigenvalue weighted by atomic mass is 16.5. The van der Waals surface area contributed by atoms with Gasteiger partial charge in [0.1, 0.15) is 0 Å². The fraction of sp³-hybridized carbons (Fsp3) is 0.700. The lowest BCUT2D eigenvalue weighted by atomic mass is 10.1. The molecule has 0 spiro atoms. The Morgan fingerprint density at radius 2 is 2.08 bits per heavy atom. The summed E-state index contributed by atoms with van der Waals surface area (Å²) in [5, 5.41) is 0. The molecule has 0 aliphatic rings. The van der Waals surface area contributed by atoms with Crippen molar-refractivity contribution in [3.8, 4) is 0 Å².